The number of guanidine groups is 1. The van der Waals surface area contributed by atoms with E-state index >= 15 is 0 Å². The quantitative estimate of drug-likeness (QED) is 0.499. The predicted octanol–water partition coefficient (Wildman–Crippen LogP) is 1.46. The second-order valence-corrected chi connectivity index (χ2v) is 4.76. The monoisotopic (exact) mass is 249 g/mol. The van der Waals surface area contributed by atoms with Crippen molar-refractivity contribution in [2.45, 2.75) is 38.6 Å². The largest absolute Gasteiger partial charge is 0.370 e. The zero-order chi connectivity index (χ0) is 12.6. The summed E-state index contributed by atoms with van der Waals surface area (Å²) in [6, 6.07) is 1.94. The van der Waals surface area contributed by atoms with Gasteiger partial charge in [-0.05, 0) is 25.3 Å². The van der Waals surface area contributed by atoms with E-state index in [0.717, 1.165) is 38.6 Å². The minimum absolute atomic E-state index is 0.720. The topological polar surface area (TPSA) is 59.4 Å². The second kappa shape index (κ2) is 7.03. The number of hydrogen-bond donors (Lipinski definition) is 1. The normalized spacial score (nSPS) is 17.8. The van der Waals surface area contributed by atoms with Gasteiger partial charge in [-0.3, -0.25) is 9.67 Å². The Bertz CT molecular complexity index is 349. The molecule has 1 saturated heterocycles. The highest BCUT2D eigenvalue weighted by Gasteiger charge is 2.10. The second-order valence-electron chi connectivity index (χ2n) is 4.76. The Labute approximate surface area is 109 Å². The van der Waals surface area contributed by atoms with Crippen molar-refractivity contribution in [3.05, 3.63) is 18.5 Å². The number of aliphatic imine (C=N–C) groups is 1. The lowest BCUT2D eigenvalue weighted by Gasteiger charge is -2.21. The molecule has 0 radical (unpaired) electrons. The van der Waals surface area contributed by atoms with Crippen molar-refractivity contribution in [2.24, 2.45) is 10.7 Å². The van der Waals surface area contributed by atoms with Gasteiger partial charge >= 0.3 is 0 Å². The summed E-state index contributed by atoms with van der Waals surface area (Å²) in [6.07, 6.45) is 9.88. The highest BCUT2D eigenvalue weighted by atomic mass is 15.3. The van der Waals surface area contributed by atoms with Crippen LogP contribution in [0.4, 0.5) is 0 Å². The van der Waals surface area contributed by atoms with Gasteiger partial charge in [-0.15, -0.1) is 0 Å². The number of nitrogens with zero attached hydrogens (tertiary/aromatic N) is 4. The fourth-order valence-electron chi connectivity index (χ4n) is 2.26. The van der Waals surface area contributed by atoms with Crippen LogP contribution in [0, 0.1) is 0 Å². The Morgan fingerprint density at radius 2 is 2.00 bits per heavy atom. The lowest BCUT2D eigenvalue weighted by Crippen LogP contribution is -2.38. The standard InChI is InChI=1S/C13H23N5/c14-13(17-9-3-1-2-4-10-17)15-7-5-11-18-12-6-8-16-18/h6,8,12H,1-5,7,9-11H2,(H2,14,15). The Morgan fingerprint density at radius 1 is 1.22 bits per heavy atom. The average Bonchev–Trinajstić information content (AvgIpc) is 2.74. The summed E-state index contributed by atoms with van der Waals surface area (Å²) in [5, 5.41) is 4.16. The first kappa shape index (κ1) is 12.9. The molecule has 1 aliphatic heterocycles. The zero-order valence-electron chi connectivity index (χ0n) is 11.0. The molecule has 1 fully saturated rings. The van der Waals surface area contributed by atoms with Crippen LogP contribution in [0.1, 0.15) is 32.1 Å². The van der Waals surface area contributed by atoms with E-state index < -0.39 is 0 Å². The van der Waals surface area contributed by atoms with Gasteiger partial charge in [-0.1, -0.05) is 12.8 Å². The molecule has 0 saturated carbocycles. The molecule has 0 amide bonds. The summed E-state index contributed by atoms with van der Waals surface area (Å²) < 4.78 is 1.93. The first-order chi connectivity index (χ1) is 8.86. The number of hydrogen-bond acceptors (Lipinski definition) is 2. The molecule has 0 spiro atoms. The third-order valence-corrected chi connectivity index (χ3v) is 3.31. The van der Waals surface area contributed by atoms with Crippen LogP contribution in [0.3, 0.4) is 0 Å². The van der Waals surface area contributed by atoms with E-state index in [1.165, 1.54) is 25.7 Å². The molecule has 5 nitrogen and oxygen atoms in total. The number of aryl methyl sites for hydroxylation is 1. The molecule has 1 aliphatic rings. The highest BCUT2D eigenvalue weighted by molar-refractivity contribution is 5.78. The first-order valence-electron chi connectivity index (χ1n) is 6.88. The summed E-state index contributed by atoms with van der Waals surface area (Å²) in [4.78, 5) is 6.69. The van der Waals surface area contributed by atoms with Crippen LogP contribution in [0.15, 0.2) is 23.5 Å². The highest BCUT2D eigenvalue weighted by Crippen LogP contribution is 2.09. The fraction of sp³-hybridized carbons (Fsp3) is 0.692. The number of rotatable bonds is 4. The van der Waals surface area contributed by atoms with Crippen LogP contribution in [0.2, 0.25) is 0 Å². The van der Waals surface area contributed by atoms with E-state index in [1.54, 1.807) is 6.20 Å². The van der Waals surface area contributed by atoms with Crippen LogP contribution >= 0.6 is 0 Å². The van der Waals surface area contributed by atoms with Gasteiger partial charge in [0.05, 0.1) is 0 Å². The van der Waals surface area contributed by atoms with Crippen LogP contribution in [0.25, 0.3) is 0 Å². The predicted molar refractivity (Wildman–Crippen MR) is 73.4 cm³/mol. The fourth-order valence-corrected chi connectivity index (χ4v) is 2.26. The third-order valence-electron chi connectivity index (χ3n) is 3.31. The van der Waals surface area contributed by atoms with Crippen molar-refractivity contribution >= 4 is 5.96 Å². The van der Waals surface area contributed by atoms with E-state index in [1.807, 2.05) is 16.9 Å². The maximum absolute atomic E-state index is 6.03. The van der Waals surface area contributed by atoms with Gasteiger partial charge in [0.1, 0.15) is 0 Å². The van der Waals surface area contributed by atoms with Crippen molar-refractivity contribution < 1.29 is 0 Å². The zero-order valence-corrected chi connectivity index (χ0v) is 11.0. The number of aromatic nitrogens is 2. The van der Waals surface area contributed by atoms with Gasteiger partial charge in [0.2, 0.25) is 0 Å². The Morgan fingerprint density at radius 3 is 2.67 bits per heavy atom. The van der Waals surface area contributed by atoms with Crippen LogP contribution < -0.4 is 5.73 Å². The first-order valence-corrected chi connectivity index (χ1v) is 6.88. The molecule has 2 heterocycles. The average molecular weight is 249 g/mol. The molecule has 0 unspecified atom stereocenters. The van der Waals surface area contributed by atoms with Gasteiger partial charge in [0.15, 0.2) is 5.96 Å². The van der Waals surface area contributed by atoms with E-state index in [-0.39, 0.29) is 0 Å². The van der Waals surface area contributed by atoms with E-state index in [0.29, 0.717) is 0 Å². The van der Waals surface area contributed by atoms with E-state index in [9.17, 15) is 0 Å². The molecule has 0 aromatic carbocycles. The molecule has 0 aliphatic carbocycles. The minimum Gasteiger partial charge on any atom is -0.370 e. The molecular formula is C13H23N5. The van der Waals surface area contributed by atoms with E-state index in [2.05, 4.69) is 15.0 Å². The maximum Gasteiger partial charge on any atom is 0.191 e. The smallest absolute Gasteiger partial charge is 0.191 e. The SMILES string of the molecule is NC(=NCCCn1cccn1)N1CCCCCC1. The lowest BCUT2D eigenvalue weighted by atomic mass is 10.2. The summed E-state index contributed by atoms with van der Waals surface area (Å²) in [5.41, 5.74) is 6.03. The van der Waals surface area contributed by atoms with E-state index in [4.69, 9.17) is 5.73 Å². The van der Waals surface area contributed by atoms with Crippen molar-refractivity contribution in [2.75, 3.05) is 19.6 Å². The Balaban J connectivity index is 1.70. The van der Waals surface area contributed by atoms with Crippen LogP contribution in [-0.4, -0.2) is 40.3 Å². The molecule has 2 N–H and O–H groups in total. The molecule has 1 aromatic rings. The maximum atomic E-state index is 6.03. The molecule has 0 atom stereocenters. The molecule has 0 bridgehead atoms. The van der Waals surface area contributed by atoms with Gasteiger partial charge in [0.25, 0.3) is 0 Å². The van der Waals surface area contributed by atoms with Crippen molar-refractivity contribution in [1.82, 2.24) is 14.7 Å². The van der Waals surface area contributed by atoms with Gasteiger partial charge in [-0.25, -0.2) is 0 Å². The molecule has 2 rings (SSSR count). The summed E-state index contributed by atoms with van der Waals surface area (Å²) in [5.74, 6) is 0.720. The molecular weight excluding hydrogens is 226 g/mol. The van der Waals surface area contributed by atoms with Crippen molar-refractivity contribution in [3.63, 3.8) is 0 Å². The number of likely N-dealkylation sites (tertiary alicyclic amines) is 1. The number of nitrogens with two attached hydrogens (primary N) is 1. The Kier molecular flexibility index (Phi) is 5.05. The van der Waals surface area contributed by atoms with Gasteiger partial charge in [-0.2, -0.15) is 5.10 Å². The summed E-state index contributed by atoms with van der Waals surface area (Å²) >= 11 is 0. The Hall–Kier alpha value is -1.52. The van der Waals surface area contributed by atoms with Gasteiger partial charge < -0.3 is 10.6 Å². The van der Waals surface area contributed by atoms with Crippen molar-refractivity contribution in [3.8, 4) is 0 Å². The van der Waals surface area contributed by atoms with Crippen LogP contribution in [-0.2, 0) is 6.54 Å². The van der Waals surface area contributed by atoms with Crippen molar-refractivity contribution in [1.29, 1.82) is 0 Å². The minimum atomic E-state index is 0.720. The summed E-state index contributed by atoms with van der Waals surface area (Å²) in [7, 11) is 0. The molecule has 100 valence electrons. The van der Waals surface area contributed by atoms with Gasteiger partial charge in [0, 0.05) is 38.6 Å². The molecule has 5 heteroatoms. The van der Waals surface area contributed by atoms with Crippen LogP contribution in [0.5, 0.6) is 0 Å². The lowest BCUT2D eigenvalue weighted by molar-refractivity contribution is 0.428. The molecule has 18 heavy (non-hydrogen) atoms. The molecule has 1 aromatic heterocycles. The third kappa shape index (κ3) is 4.05. The summed E-state index contributed by atoms with van der Waals surface area (Å²) in [6.45, 7) is 3.81.